The van der Waals surface area contributed by atoms with Crippen LogP contribution in [0, 0.1) is 5.92 Å². The molecule has 2 aliphatic rings. The van der Waals surface area contributed by atoms with Crippen LogP contribution in [0.1, 0.15) is 37.4 Å². The zero-order chi connectivity index (χ0) is 18.4. The molecule has 0 radical (unpaired) electrons. The van der Waals surface area contributed by atoms with Crippen LogP contribution in [0.15, 0.2) is 0 Å². The lowest BCUT2D eigenvalue weighted by atomic mass is 10.1. The highest BCUT2D eigenvalue weighted by Crippen LogP contribution is 2.40. The second kappa shape index (κ2) is 6.66. The van der Waals surface area contributed by atoms with Gasteiger partial charge in [0.05, 0.1) is 5.92 Å². The molecule has 0 amide bonds. The first kappa shape index (κ1) is 18.8. The van der Waals surface area contributed by atoms with E-state index in [0.29, 0.717) is 11.0 Å². The Hall–Kier alpha value is -0.940. The SMILES string of the molecule is CN(C)S(=O)(=O)[C@@H]1CN(c2nc(C3CCCC3)ns2)C[C@H]1C(F)(F)F. The molecule has 11 heteroatoms. The molecule has 142 valence electrons. The van der Waals surface area contributed by atoms with Gasteiger partial charge in [-0.3, -0.25) is 0 Å². The molecule has 2 heterocycles. The van der Waals surface area contributed by atoms with Crippen LogP contribution < -0.4 is 4.90 Å². The zero-order valence-electron chi connectivity index (χ0n) is 14.0. The van der Waals surface area contributed by atoms with Gasteiger partial charge in [-0.25, -0.2) is 17.7 Å². The predicted molar refractivity (Wildman–Crippen MR) is 89.3 cm³/mol. The largest absolute Gasteiger partial charge is 0.394 e. The molecule has 25 heavy (non-hydrogen) atoms. The maximum atomic E-state index is 13.4. The number of halogens is 3. The van der Waals surface area contributed by atoms with Crippen molar-refractivity contribution in [1.29, 1.82) is 0 Å². The molecule has 2 atom stereocenters. The number of nitrogens with zero attached hydrogens (tertiary/aromatic N) is 4. The van der Waals surface area contributed by atoms with Crippen molar-refractivity contribution in [2.24, 2.45) is 5.92 Å². The van der Waals surface area contributed by atoms with Gasteiger partial charge in [0.1, 0.15) is 11.1 Å². The number of hydrogen-bond donors (Lipinski definition) is 0. The first-order chi connectivity index (χ1) is 11.6. The number of sulfonamides is 1. The Kier molecular flexibility index (Phi) is 5.02. The fraction of sp³-hybridized carbons (Fsp3) is 0.857. The monoisotopic (exact) mass is 398 g/mol. The van der Waals surface area contributed by atoms with Crippen LogP contribution in [0.4, 0.5) is 18.3 Å². The van der Waals surface area contributed by atoms with Gasteiger partial charge in [0.2, 0.25) is 15.2 Å². The molecule has 0 bridgehead atoms. The standard InChI is InChI=1S/C14H21F3N4O2S2/c1-20(2)25(22,23)11-8-21(7-10(11)14(15,16)17)13-18-12(19-24-13)9-5-3-4-6-9/h9-11H,3-8H2,1-2H3/t10-,11-/m1/s1. The summed E-state index contributed by atoms with van der Waals surface area (Å²) in [5.74, 6) is -0.981. The Morgan fingerprint density at radius 1 is 1.20 bits per heavy atom. The van der Waals surface area contributed by atoms with Gasteiger partial charge in [-0.05, 0) is 12.8 Å². The van der Waals surface area contributed by atoms with E-state index in [1.165, 1.54) is 19.0 Å². The molecule has 0 aromatic carbocycles. The number of rotatable bonds is 4. The second-order valence-electron chi connectivity index (χ2n) is 6.84. The van der Waals surface area contributed by atoms with Crippen LogP contribution in [-0.4, -0.2) is 60.7 Å². The molecule has 6 nitrogen and oxygen atoms in total. The quantitative estimate of drug-likeness (QED) is 0.780. The summed E-state index contributed by atoms with van der Waals surface area (Å²) in [7, 11) is -1.51. The maximum Gasteiger partial charge on any atom is 0.394 e. The number of alkyl halides is 3. The highest BCUT2D eigenvalue weighted by Gasteiger charge is 2.55. The van der Waals surface area contributed by atoms with Gasteiger partial charge in [-0.2, -0.15) is 17.5 Å². The van der Waals surface area contributed by atoms with E-state index in [9.17, 15) is 21.6 Å². The summed E-state index contributed by atoms with van der Waals surface area (Å²) >= 11 is 1.06. The van der Waals surface area contributed by atoms with Gasteiger partial charge in [0.25, 0.3) is 0 Å². The molecule has 1 aliphatic carbocycles. The number of anilines is 1. The van der Waals surface area contributed by atoms with Crippen molar-refractivity contribution in [1.82, 2.24) is 13.7 Å². The van der Waals surface area contributed by atoms with E-state index in [1.54, 1.807) is 0 Å². The smallest absolute Gasteiger partial charge is 0.345 e. The summed E-state index contributed by atoms with van der Waals surface area (Å²) < 4.78 is 70.1. The lowest BCUT2D eigenvalue weighted by Crippen LogP contribution is -2.43. The summed E-state index contributed by atoms with van der Waals surface area (Å²) in [5.41, 5.74) is 0. The van der Waals surface area contributed by atoms with Crippen molar-refractivity contribution in [3.8, 4) is 0 Å². The van der Waals surface area contributed by atoms with E-state index >= 15 is 0 Å². The molecular weight excluding hydrogens is 377 g/mol. The molecule has 1 aliphatic heterocycles. The van der Waals surface area contributed by atoms with Gasteiger partial charge in [0, 0.05) is 44.6 Å². The Labute approximate surface area is 149 Å². The molecule has 1 aromatic rings. The van der Waals surface area contributed by atoms with E-state index in [-0.39, 0.29) is 12.5 Å². The normalized spacial score (nSPS) is 26.1. The molecule has 0 N–H and O–H groups in total. The van der Waals surface area contributed by atoms with Crippen LogP contribution in [0.25, 0.3) is 0 Å². The number of hydrogen-bond acceptors (Lipinski definition) is 6. The van der Waals surface area contributed by atoms with E-state index in [1.807, 2.05) is 0 Å². The van der Waals surface area contributed by atoms with Crippen LogP contribution in [0.3, 0.4) is 0 Å². The van der Waals surface area contributed by atoms with Crippen molar-refractivity contribution in [3.63, 3.8) is 0 Å². The Bertz CT molecular complexity index is 714. The predicted octanol–water partition coefficient (Wildman–Crippen LogP) is 2.45. The lowest BCUT2D eigenvalue weighted by molar-refractivity contribution is -0.167. The zero-order valence-corrected chi connectivity index (χ0v) is 15.7. The van der Waals surface area contributed by atoms with Crippen molar-refractivity contribution in [2.45, 2.75) is 43.0 Å². The van der Waals surface area contributed by atoms with Crippen LogP contribution >= 0.6 is 11.5 Å². The molecule has 3 rings (SSSR count). The number of aromatic nitrogens is 2. The second-order valence-corrected chi connectivity index (χ2v) is 9.93. The van der Waals surface area contributed by atoms with Crippen molar-refractivity contribution in [3.05, 3.63) is 5.82 Å². The van der Waals surface area contributed by atoms with Crippen molar-refractivity contribution < 1.29 is 21.6 Å². The van der Waals surface area contributed by atoms with E-state index in [0.717, 1.165) is 41.5 Å². The third-order valence-corrected chi connectivity index (χ3v) is 8.05. The summed E-state index contributed by atoms with van der Waals surface area (Å²) in [6.07, 6.45) is -0.357. The van der Waals surface area contributed by atoms with Gasteiger partial charge < -0.3 is 4.90 Å². The Morgan fingerprint density at radius 2 is 1.84 bits per heavy atom. The molecule has 2 fully saturated rings. The fourth-order valence-corrected chi connectivity index (χ4v) is 5.85. The highest BCUT2D eigenvalue weighted by atomic mass is 32.2. The summed E-state index contributed by atoms with van der Waals surface area (Å²) in [4.78, 5) is 5.83. The van der Waals surface area contributed by atoms with Gasteiger partial charge in [0.15, 0.2) is 0 Å². The molecular formula is C14H21F3N4O2S2. The maximum absolute atomic E-state index is 13.4. The summed E-state index contributed by atoms with van der Waals surface area (Å²) in [5, 5.41) is -1.14. The molecule has 1 aromatic heterocycles. The first-order valence-electron chi connectivity index (χ1n) is 8.17. The minimum absolute atomic E-state index is 0.218. The first-order valence-corrected chi connectivity index (χ1v) is 10.4. The fourth-order valence-electron chi connectivity index (χ4n) is 3.52. The minimum Gasteiger partial charge on any atom is -0.345 e. The average Bonchev–Trinajstić information content (AvgIpc) is 3.24. The third-order valence-electron chi connectivity index (χ3n) is 5.00. The van der Waals surface area contributed by atoms with Crippen LogP contribution in [-0.2, 0) is 10.0 Å². The Balaban J connectivity index is 1.84. The summed E-state index contributed by atoms with van der Waals surface area (Å²) in [6, 6.07) is 0. The Morgan fingerprint density at radius 3 is 2.40 bits per heavy atom. The lowest BCUT2D eigenvalue weighted by Gasteiger charge is -2.23. The highest BCUT2D eigenvalue weighted by molar-refractivity contribution is 7.89. The molecule has 0 spiro atoms. The van der Waals surface area contributed by atoms with E-state index in [4.69, 9.17) is 0 Å². The van der Waals surface area contributed by atoms with Gasteiger partial charge >= 0.3 is 6.18 Å². The molecule has 0 unspecified atom stereocenters. The molecule has 1 saturated carbocycles. The van der Waals surface area contributed by atoms with Crippen LogP contribution in [0.2, 0.25) is 0 Å². The minimum atomic E-state index is -4.58. The van der Waals surface area contributed by atoms with E-state index < -0.39 is 33.9 Å². The van der Waals surface area contributed by atoms with Crippen LogP contribution in [0.5, 0.6) is 0 Å². The molecule has 1 saturated heterocycles. The average molecular weight is 398 g/mol. The third kappa shape index (κ3) is 3.63. The topological polar surface area (TPSA) is 66.4 Å². The van der Waals surface area contributed by atoms with E-state index in [2.05, 4.69) is 9.36 Å². The van der Waals surface area contributed by atoms with Crippen molar-refractivity contribution in [2.75, 3.05) is 32.1 Å². The summed E-state index contributed by atoms with van der Waals surface area (Å²) in [6.45, 7) is -0.621. The van der Waals surface area contributed by atoms with Crippen molar-refractivity contribution >= 4 is 26.7 Å². The van der Waals surface area contributed by atoms with Gasteiger partial charge in [-0.1, -0.05) is 12.8 Å². The van der Waals surface area contributed by atoms with Gasteiger partial charge in [-0.15, -0.1) is 0 Å².